The summed E-state index contributed by atoms with van der Waals surface area (Å²) in [5.41, 5.74) is 5.51. The number of nitrogens with one attached hydrogen (secondary N) is 2. The zero-order valence-corrected chi connectivity index (χ0v) is 17.4. The Morgan fingerprint density at radius 3 is 2.31 bits per heavy atom. The van der Waals surface area contributed by atoms with Gasteiger partial charge in [0.15, 0.2) is 0 Å². The van der Waals surface area contributed by atoms with Gasteiger partial charge in [-0.05, 0) is 40.1 Å². The number of amides is 2. The van der Waals surface area contributed by atoms with E-state index in [9.17, 15) is 9.59 Å². The summed E-state index contributed by atoms with van der Waals surface area (Å²) < 4.78 is 0. The molecule has 0 fully saturated rings. The summed E-state index contributed by atoms with van der Waals surface area (Å²) >= 11 is 1.34. The molecule has 0 saturated carbocycles. The maximum atomic E-state index is 12.5. The summed E-state index contributed by atoms with van der Waals surface area (Å²) in [4.78, 5) is 25.4. The topological polar surface area (TPSA) is 70.6 Å². The summed E-state index contributed by atoms with van der Waals surface area (Å²) in [5.74, 6) is -0.641. The number of rotatable bonds is 5. The van der Waals surface area contributed by atoms with Crippen molar-refractivity contribution in [1.29, 1.82) is 0 Å². The first kappa shape index (κ1) is 20.5. The highest BCUT2D eigenvalue weighted by atomic mass is 32.1. The van der Waals surface area contributed by atoms with Gasteiger partial charge in [0.1, 0.15) is 0 Å². The number of hydrazone groups is 1. The molecule has 2 amide bonds. The van der Waals surface area contributed by atoms with Crippen LogP contribution in [0, 0.1) is 0 Å². The van der Waals surface area contributed by atoms with E-state index in [1.165, 1.54) is 16.9 Å². The fourth-order valence-corrected chi connectivity index (χ4v) is 3.30. The van der Waals surface area contributed by atoms with Crippen LogP contribution in [0.2, 0.25) is 0 Å². The molecule has 6 heteroatoms. The van der Waals surface area contributed by atoms with E-state index in [4.69, 9.17) is 0 Å². The molecule has 2 N–H and O–H groups in total. The number of hydrogen-bond donors (Lipinski definition) is 2. The summed E-state index contributed by atoms with van der Waals surface area (Å²) in [7, 11) is 0. The Balaban J connectivity index is 1.66. The molecule has 148 valence electrons. The number of hydrogen-bond acceptors (Lipinski definition) is 4. The number of carbonyl (C=O) groups is 2. The Kier molecular flexibility index (Phi) is 6.24. The zero-order chi connectivity index (χ0) is 20.9. The molecule has 0 radical (unpaired) electrons. The van der Waals surface area contributed by atoms with Crippen molar-refractivity contribution in [3.63, 3.8) is 0 Å². The molecule has 29 heavy (non-hydrogen) atoms. The Labute approximate surface area is 174 Å². The molecule has 0 aliphatic heterocycles. The average molecular weight is 406 g/mol. The molecular formula is C23H23N3O2S. The highest BCUT2D eigenvalue weighted by Gasteiger charge is 2.14. The van der Waals surface area contributed by atoms with E-state index in [1.54, 1.807) is 42.6 Å². The van der Waals surface area contributed by atoms with E-state index < -0.39 is 5.91 Å². The van der Waals surface area contributed by atoms with E-state index in [2.05, 4.69) is 48.7 Å². The van der Waals surface area contributed by atoms with Crippen LogP contribution in [0.15, 0.2) is 71.1 Å². The molecule has 1 heterocycles. The van der Waals surface area contributed by atoms with Gasteiger partial charge in [0.05, 0.1) is 22.3 Å². The molecule has 0 unspecified atom stereocenters. The van der Waals surface area contributed by atoms with E-state index in [0.29, 0.717) is 16.1 Å². The Bertz CT molecular complexity index is 1020. The number of para-hydroxylation sites is 1. The monoisotopic (exact) mass is 405 g/mol. The predicted molar refractivity (Wildman–Crippen MR) is 119 cm³/mol. The van der Waals surface area contributed by atoms with Crippen LogP contribution in [0.5, 0.6) is 0 Å². The molecule has 0 atom stereocenters. The number of nitrogens with zero attached hydrogens (tertiary/aromatic N) is 1. The third-order valence-corrected chi connectivity index (χ3v) is 5.19. The number of benzene rings is 2. The van der Waals surface area contributed by atoms with Crippen LogP contribution in [0.3, 0.4) is 0 Å². The minimum atomic E-state index is -0.394. The highest BCUT2D eigenvalue weighted by Crippen LogP contribution is 2.22. The van der Waals surface area contributed by atoms with E-state index in [0.717, 1.165) is 5.56 Å². The minimum Gasteiger partial charge on any atom is -0.321 e. The maximum absolute atomic E-state index is 12.5. The molecule has 3 rings (SSSR count). The smallest absolute Gasteiger partial charge is 0.273 e. The van der Waals surface area contributed by atoms with Crippen LogP contribution in [0.1, 0.15) is 51.9 Å². The predicted octanol–water partition coefficient (Wildman–Crippen LogP) is 5.06. The molecule has 5 nitrogen and oxygen atoms in total. The van der Waals surface area contributed by atoms with Crippen LogP contribution in [0.25, 0.3) is 0 Å². The van der Waals surface area contributed by atoms with Crippen LogP contribution >= 0.6 is 11.3 Å². The molecule has 3 aromatic rings. The lowest BCUT2D eigenvalue weighted by atomic mass is 9.87. The second kappa shape index (κ2) is 8.84. The Hall–Kier alpha value is -3.25. The molecule has 2 aromatic carbocycles. The lowest BCUT2D eigenvalue weighted by Gasteiger charge is -2.18. The lowest BCUT2D eigenvalue weighted by molar-refractivity contribution is 0.0956. The van der Waals surface area contributed by atoms with E-state index >= 15 is 0 Å². The standard InChI is InChI=1S/C23H23N3O2S/c1-23(2,3)17-12-10-16(11-13-17)15-24-26-21(27)18-7-4-5-8-19(18)25-22(28)20-9-6-14-29-20/h4-15H,1-3H3,(H,25,28)(H,26,27)/b24-15-. The van der Waals surface area contributed by atoms with Gasteiger partial charge >= 0.3 is 0 Å². The van der Waals surface area contributed by atoms with Gasteiger partial charge in [0, 0.05) is 0 Å². The second-order valence-corrected chi connectivity index (χ2v) is 8.50. The number of anilines is 1. The summed E-state index contributed by atoms with van der Waals surface area (Å²) in [6.07, 6.45) is 1.59. The van der Waals surface area contributed by atoms with Gasteiger partial charge in [-0.25, -0.2) is 5.43 Å². The van der Waals surface area contributed by atoms with Crippen LogP contribution in [0.4, 0.5) is 5.69 Å². The molecular weight excluding hydrogens is 382 g/mol. The van der Waals surface area contributed by atoms with Crippen molar-refractivity contribution in [1.82, 2.24) is 5.43 Å². The summed E-state index contributed by atoms with van der Waals surface area (Å²) in [5, 5.41) is 8.66. The normalized spacial score (nSPS) is 11.4. The first-order valence-corrected chi connectivity index (χ1v) is 10.1. The van der Waals surface area contributed by atoms with E-state index in [1.807, 2.05) is 17.5 Å². The minimum absolute atomic E-state index is 0.0845. The van der Waals surface area contributed by atoms with Gasteiger partial charge in [-0.1, -0.05) is 63.2 Å². The molecule has 0 aliphatic carbocycles. The Morgan fingerprint density at radius 1 is 0.931 bits per heavy atom. The molecule has 0 saturated heterocycles. The molecule has 0 bridgehead atoms. The van der Waals surface area contributed by atoms with Crippen molar-refractivity contribution in [3.05, 3.63) is 87.6 Å². The zero-order valence-electron chi connectivity index (χ0n) is 16.6. The van der Waals surface area contributed by atoms with Gasteiger partial charge in [-0.2, -0.15) is 5.10 Å². The lowest BCUT2D eigenvalue weighted by Crippen LogP contribution is -2.21. The van der Waals surface area contributed by atoms with Gasteiger partial charge in [0.25, 0.3) is 11.8 Å². The van der Waals surface area contributed by atoms with Crippen molar-refractivity contribution >= 4 is 35.1 Å². The molecule has 0 spiro atoms. The van der Waals surface area contributed by atoms with Gasteiger partial charge < -0.3 is 5.32 Å². The van der Waals surface area contributed by atoms with Crippen LogP contribution in [-0.4, -0.2) is 18.0 Å². The van der Waals surface area contributed by atoms with E-state index in [-0.39, 0.29) is 11.3 Å². The fraction of sp³-hybridized carbons (Fsp3) is 0.174. The van der Waals surface area contributed by atoms with Crippen molar-refractivity contribution < 1.29 is 9.59 Å². The first-order valence-electron chi connectivity index (χ1n) is 9.22. The second-order valence-electron chi connectivity index (χ2n) is 7.55. The van der Waals surface area contributed by atoms with Crippen LogP contribution in [-0.2, 0) is 5.41 Å². The molecule has 1 aromatic heterocycles. The molecule has 0 aliphatic rings. The van der Waals surface area contributed by atoms with Crippen LogP contribution < -0.4 is 10.7 Å². The van der Waals surface area contributed by atoms with Crippen molar-refractivity contribution in [3.8, 4) is 0 Å². The maximum Gasteiger partial charge on any atom is 0.273 e. The first-order chi connectivity index (χ1) is 13.8. The van der Waals surface area contributed by atoms with Crippen molar-refractivity contribution in [2.75, 3.05) is 5.32 Å². The average Bonchev–Trinajstić information content (AvgIpc) is 3.23. The van der Waals surface area contributed by atoms with Gasteiger partial charge in [-0.15, -0.1) is 11.3 Å². The van der Waals surface area contributed by atoms with Crippen molar-refractivity contribution in [2.24, 2.45) is 5.10 Å². The third kappa shape index (κ3) is 5.39. The third-order valence-electron chi connectivity index (χ3n) is 4.32. The quantitative estimate of drug-likeness (QED) is 0.460. The Morgan fingerprint density at radius 2 is 1.66 bits per heavy atom. The largest absolute Gasteiger partial charge is 0.321 e. The summed E-state index contributed by atoms with van der Waals surface area (Å²) in [6.45, 7) is 6.47. The van der Waals surface area contributed by atoms with Gasteiger partial charge in [-0.3, -0.25) is 9.59 Å². The fourth-order valence-electron chi connectivity index (χ4n) is 2.68. The summed E-state index contributed by atoms with van der Waals surface area (Å²) in [6, 6.07) is 18.4. The number of thiophene rings is 1. The highest BCUT2D eigenvalue weighted by molar-refractivity contribution is 7.12. The van der Waals surface area contributed by atoms with Gasteiger partial charge in [0.2, 0.25) is 0 Å². The SMILES string of the molecule is CC(C)(C)c1ccc(/C=N\NC(=O)c2ccccc2NC(=O)c2cccs2)cc1. The number of carbonyl (C=O) groups excluding carboxylic acids is 2. The van der Waals surface area contributed by atoms with Crippen molar-refractivity contribution in [2.45, 2.75) is 26.2 Å².